The number of nitrogens with one attached hydrogen (secondary N) is 1. The summed E-state index contributed by atoms with van der Waals surface area (Å²) < 4.78 is 31.6. The number of rotatable bonds is 5. The Morgan fingerprint density at radius 3 is 2.63 bits per heavy atom. The average molecular weight is 274 g/mol. The van der Waals surface area contributed by atoms with E-state index in [2.05, 4.69) is 5.32 Å². The van der Waals surface area contributed by atoms with E-state index >= 15 is 0 Å². The van der Waals surface area contributed by atoms with E-state index in [0.717, 1.165) is 0 Å². The lowest BCUT2D eigenvalue weighted by molar-refractivity contribution is -0.387. The molecule has 1 unspecified atom stereocenters. The fourth-order valence-electron chi connectivity index (χ4n) is 1.44. The highest BCUT2D eigenvalue weighted by molar-refractivity contribution is 5.94. The van der Waals surface area contributed by atoms with E-state index in [9.17, 15) is 23.7 Å². The molecule has 19 heavy (non-hydrogen) atoms. The van der Waals surface area contributed by atoms with Crippen molar-refractivity contribution in [3.05, 3.63) is 39.4 Å². The Morgan fingerprint density at radius 1 is 1.47 bits per heavy atom. The fourth-order valence-corrected chi connectivity index (χ4v) is 1.44. The second-order valence-electron chi connectivity index (χ2n) is 3.87. The third kappa shape index (κ3) is 3.68. The Hall–Kier alpha value is -2.09. The zero-order valence-electron chi connectivity index (χ0n) is 10.3. The number of ether oxygens (including phenoxy) is 1. The van der Waals surface area contributed by atoms with Gasteiger partial charge in [-0.3, -0.25) is 14.9 Å². The number of methoxy groups -OCH3 is 1. The van der Waals surface area contributed by atoms with Gasteiger partial charge in [0.25, 0.3) is 5.91 Å². The Morgan fingerprint density at radius 2 is 2.11 bits per heavy atom. The SMILES string of the molecule is COCC(C)NC(=O)c1cc(F)c([N+](=O)[O-])cc1F. The van der Waals surface area contributed by atoms with Gasteiger partial charge in [0.1, 0.15) is 5.82 Å². The second-order valence-corrected chi connectivity index (χ2v) is 3.87. The van der Waals surface area contributed by atoms with E-state index in [1.165, 1.54) is 7.11 Å². The van der Waals surface area contributed by atoms with Crippen LogP contribution < -0.4 is 5.32 Å². The largest absolute Gasteiger partial charge is 0.383 e. The number of hydrogen-bond acceptors (Lipinski definition) is 4. The summed E-state index contributed by atoms with van der Waals surface area (Å²) in [7, 11) is 1.43. The summed E-state index contributed by atoms with van der Waals surface area (Å²) in [4.78, 5) is 21.0. The van der Waals surface area contributed by atoms with Crippen LogP contribution in [0.15, 0.2) is 12.1 Å². The van der Waals surface area contributed by atoms with E-state index in [4.69, 9.17) is 4.74 Å². The third-order valence-corrected chi connectivity index (χ3v) is 2.27. The molecule has 1 N–H and O–H groups in total. The first-order valence-corrected chi connectivity index (χ1v) is 5.30. The van der Waals surface area contributed by atoms with Gasteiger partial charge in [0.2, 0.25) is 5.82 Å². The number of carbonyl (C=O) groups is 1. The zero-order valence-corrected chi connectivity index (χ0v) is 10.3. The lowest BCUT2D eigenvalue weighted by Gasteiger charge is -2.13. The molecule has 104 valence electrons. The highest BCUT2D eigenvalue weighted by atomic mass is 19.1. The predicted octanol–water partition coefficient (Wildman–Crippen LogP) is 1.64. The molecule has 0 spiro atoms. The van der Waals surface area contributed by atoms with Crippen molar-refractivity contribution in [3.8, 4) is 0 Å². The maximum Gasteiger partial charge on any atom is 0.307 e. The summed E-state index contributed by atoms with van der Waals surface area (Å²) in [6.45, 7) is 1.81. The van der Waals surface area contributed by atoms with Crippen LogP contribution in [0.25, 0.3) is 0 Å². The summed E-state index contributed by atoms with van der Waals surface area (Å²) in [5.41, 5.74) is -1.61. The molecule has 0 aromatic heterocycles. The lowest BCUT2D eigenvalue weighted by atomic mass is 10.1. The molecule has 0 saturated heterocycles. The van der Waals surface area contributed by atoms with Gasteiger partial charge in [0.05, 0.1) is 23.2 Å². The van der Waals surface area contributed by atoms with Crippen molar-refractivity contribution in [1.29, 1.82) is 0 Å². The Balaban J connectivity index is 2.99. The maximum atomic E-state index is 13.5. The molecule has 1 rings (SSSR count). The predicted molar refractivity (Wildman–Crippen MR) is 61.8 cm³/mol. The van der Waals surface area contributed by atoms with Gasteiger partial charge in [0.15, 0.2) is 0 Å². The van der Waals surface area contributed by atoms with Crippen molar-refractivity contribution < 1.29 is 23.2 Å². The molecule has 6 nitrogen and oxygen atoms in total. The summed E-state index contributed by atoms with van der Waals surface area (Å²) in [6.07, 6.45) is 0. The van der Waals surface area contributed by atoms with E-state index in [-0.39, 0.29) is 6.61 Å². The van der Waals surface area contributed by atoms with Crippen molar-refractivity contribution in [1.82, 2.24) is 5.32 Å². The van der Waals surface area contributed by atoms with Crippen molar-refractivity contribution in [2.24, 2.45) is 0 Å². The quantitative estimate of drug-likeness (QED) is 0.653. The normalized spacial score (nSPS) is 12.0. The number of nitro groups is 1. The molecule has 1 amide bonds. The molecule has 0 fully saturated rings. The molecule has 0 heterocycles. The van der Waals surface area contributed by atoms with Gasteiger partial charge in [-0.1, -0.05) is 0 Å². The summed E-state index contributed by atoms with van der Waals surface area (Å²) >= 11 is 0. The van der Waals surface area contributed by atoms with Crippen molar-refractivity contribution in [2.75, 3.05) is 13.7 Å². The van der Waals surface area contributed by atoms with E-state index < -0.39 is 39.8 Å². The molecule has 1 aromatic carbocycles. The highest BCUT2D eigenvalue weighted by Gasteiger charge is 2.22. The molecule has 8 heteroatoms. The van der Waals surface area contributed by atoms with Gasteiger partial charge in [-0.2, -0.15) is 4.39 Å². The first kappa shape index (κ1) is 15.0. The number of nitro benzene ring substituents is 1. The molecule has 1 aromatic rings. The van der Waals surface area contributed by atoms with Gasteiger partial charge in [0, 0.05) is 13.2 Å². The van der Waals surface area contributed by atoms with Crippen LogP contribution in [0.4, 0.5) is 14.5 Å². The molecule has 0 radical (unpaired) electrons. The Kier molecular flexibility index (Phi) is 4.87. The molecule has 0 saturated carbocycles. The molecule has 0 bridgehead atoms. The first-order chi connectivity index (χ1) is 8.86. The molecular weight excluding hydrogens is 262 g/mol. The highest BCUT2D eigenvalue weighted by Crippen LogP contribution is 2.21. The number of amides is 1. The minimum Gasteiger partial charge on any atom is -0.383 e. The van der Waals surface area contributed by atoms with Gasteiger partial charge >= 0.3 is 5.69 Å². The van der Waals surface area contributed by atoms with Crippen LogP contribution in [0.3, 0.4) is 0 Å². The molecule has 0 aliphatic heterocycles. The van der Waals surface area contributed by atoms with Crippen molar-refractivity contribution in [2.45, 2.75) is 13.0 Å². The molecular formula is C11H12F2N2O4. The topological polar surface area (TPSA) is 81.5 Å². The summed E-state index contributed by atoms with van der Waals surface area (Å²) in [5, 5.41) is 12.8. The van der Waals surface area contributed by atoms with Gasteiger partial charge < -0.3 is 10.1 Å². The van der Waals surface area contributed by atoms with E-state index in [0.29, 0.717) is 12.1 Å². The number of nitrogens with zero attached hydrogens (tertiary/aromatic N) is 1. The van der Waals surface area contributed by atoms with Crippen LogP contribution in [0.1, 0.15) is 17.3 Å². The van der Waals surface area contributed by atoms with Gasteiger partial charge in [-0.25, -0.2) is 4.39 Å². The summed E-state index contributed by atoms with van der Waals surface area (Å²) in [6, 6.07) is 0.475. The van der Waals surface area contributed by atoms with Crippen LogP contribution in [0.2, 0.25) is 0 Å². The molecule has 1 atom stereocenters. The minimum absolute atomic E-state index is 0.197. The van der Waals surface area contributed by atoms with Crippen molar-refractivity contribution >= 4 is 11.6 Å². The number of benzene rings is 1. The number of hydrogen-bond donors (Lipinski definition) is 1. The smallest absolute Gasteiger partial charge is 0.307 e. The average Bonchev–Trinajstić information content (AvgIpc) is 2.31. The zero-order chi connectivity index (χ0) is 14.6. The standard InChI is InChI=1S/C11H12F2N2O4/c1-6(5-19-2)14-11(16)7-3-9(13)10(15(17)18)4-8(7)12/h3-4,6H,5H2,1-2H3,(H,14,16). The Bertz CT molecular complexity index is 508. The minimum atomic E-state index is -1.27. The van der Waals surface area contributed by atoms with Gasteiger partial charge in [-0.15, -0.1) is 0 Å². The maximum absolute atomic E-state index is 13.5. The van der Waals surface area contributed by atoms with Crippen LogP contribution in [0.5, 0.6) is 0 Å². The summed E-state index contributed by atoms with van der Waals surface area (Å²) in [5.74, 6) is -3.29. The number of halogens is 2. The van der Waals surface area contributed by atoms with Crippen LogP contribution in [-0.2, 0) is 4.74 Å². The van der Waals surface area contributed by atoms with Crippen LogP contribution >= 0.6 is 0 Å². The molecule has 0 aliphatic rings. The Labute approximate surface area is 107 Å². The first-order valence-electron chi connectivity index (χ1n) is 5.30. The van der Waals surface area contributed by atoms with Crippen molar-refractivity contribution in [3.63, 3.8) is 0 Å². The second kappa shape index (κ2) is 6.19. The van der Waals surface area contributed by atoms with E-state index in [1.807, 2.05) is 0 Å². The molecule has 0 aliphatic carbocycles. The monoisotopic (exact) mass is 274 g/mol. The van der Waals surface area contributed by atoms with Crippen LogP contribution in [-0.4, -0.2) is 30.6 Å². The van der Waals surface area contributed by atoms with E-state index in [1.54, 1.807) is 6.92 Å². The lowest BCUT2D eigenvalue weighted by Crippen LogP contribution is -2.36. The van der Waals surface area contributed by atoms with Gasteiger partial charge in [-0.05, 0) is 13.0 Å². The van der Waals surface area contributed by atoms with Crippen LogP contribution in [0, 0.1) is 21.7 Å². The number of carbonyl (C=O) groups excluding carboxylic acids is 1. The fraction of sp³-hybridized carbons (Fsp3) is 0.364. The third-order valence-electron chi connectivity index (χ3n) is 2.27.